The fourth-order valence-corrected chi connectivity index (χ4v) is 3.90. The third-order valence-electron chi connectivity index (χ3n) is 5.34. The fourth-order valence-electron chi connectivity index (χ4n) is 3.90. The third kappa shape index (κ3) is 4.27. The van der Waals surface area contributed by atoms with E-state index in [1.807, 2.05) is 26.0 Å². The van der Waals surface area contributed by atoms with Crippen LogP contribution < -0.4 is 5.56 Å². The molecular weight excluding hydrogens is 372 g/mol. The van der Waals surface area contributed by atoms with Crippen molar-refractivity contribution in [1.29, 1.82) is 0 Å². The first kappa shape index (κ1) is 20.9. The van der Waals surface area contributed by atoms with E-state index in [0.29, 0.717) is 44.9 Å². The van der Waals surface area contributed by atoms with Crippen molar-refractivity contribution in [2.45, 2.75) is 33.4 Å². The van der Waals surface area contributed by atoms with Gasteiger partial charge in [0, 0.05) is 50.8 Å². The normalized spacial score (nSPS) is 15.9. The molecule has 156 valence electrons. The number of hydrogen-bond donors (Lipinski definition) is 1. The number of nitrogens with zero attached hydrogens (tertiary/aromatic N) is 4. The molecule has 1 aliphatic rings. The Morgan fingerprint density at radius 3 is 2.45 bits per heavy atom. The van der Waals surface area contributed by atoms with Crippen molar-refractivity contribution in [2.24, 2.45) is 0 Å². The SMILES string of the molecule is CCOC(=O)N1CCN(C(c2ccncc2)c2c(O)cc(C)n(CC)c2=O)CC1. The molecule has 0 aromatic carbocycles. The Morgan fingerprint density at radius 2 is 1.86 bits per heavy atom. The van der Waals surface area contributed by atoms with Gasteiger partial charge in [0.25, 0.3) is 5.56 Å². The highest BCUT2D eigenvalue weighted by atomic mass is 16.6. The first-order chi connectivity index (χ1) is 14.0. The minimum atomic E-state index is -0.423. The van der Waals surface area contributed by atoms with Crippen LogP contribution in [-0.4, -0.2) is 63.3 Å². The van der Waals surface area contributed by atoms with E-state index in [1.165, 1.54) is 0 Å². The summed E-state index contributed by atoms with van der Waals surface area (Å²) < 4.78 is 6.76. The van der Waals surface area contributed by atoms with Crippen molar-refractivity contribution in [1.82, 2.24) is 19.4 Å². The molecule has 0 aliphatic carbocycles. The van der Waals surface area contributed by atoms with Crippen molar-refractivity contribution in [3.8, 4) is 5.75 Å². The Balaban J connectivity index is 1.99. The maximum absolute atomic E-state index is 13.2. The average molecular weight is 400 g/mol. The topological polar surface area (TPSA) is 87.9 Å². The van der Waals surface area contributed by atoms with Gasteiger partial charge in [-0.3, -0.25) is 14.7 Å². The Hall–Kier alpha value is -2.87. The van der Waals surface area contributed by atoms with Crippen LogP contribution in [0.2, 0.25) is 0 Å². The summed E-state index contributed by atoms with van der Waals surface area (Å²) in [5.74, 6) is -0.00756. The van der Waals surface area contributed by atoms with Gasteiger partial charge in [0.2, 0.25) is 0 Å². The van der Waals surface area contributed by atoms with Crippen LogP contribution in [0.5, 0.6) is 5.75 Å². The molecule has 0 radical (unpaired) electrons. The van der Waals surface area contributed by atoms with Crippen LogP contribution in [0.15, 0.2) is 35.4 Å². The number of amides is 1. The van der Waals surface area contributed by atoms with Gasteiger partial charge in [-0.25, -0.2) is 4.79 Å². The van der Waals surface area contributed by atoms with Gasteiger partial charge in [-0.2, -0.15) is 0 Å². The van der Waals surface area contributed by atoms with E-state index in [9.17, 15) is 14.7 Å². The molecule has 3 heterocycles. The molecule has 1 N–H and O–H groups in total. The Labute approximate surface area is 170 Å². The second-order valence-corrected chi connectivity index (χ2v) is 7.04. The lowest BCUT2D eigenvalue weighted by Gasteiger charge is -2.39. The lowest BCUT2D eigenvalue weighted by atomic mass is 9.97. The summed E-state index contributed by atoms with van der Waals surface area (Å²) in [5.41, 5.74) is 1.76. The molecule has 0 spiro atoms. The van der Waals surface area contributed by atoms with Crippen molar-refractivity contribution in [3.05, 3.63) is 57.8 Å². The molecule has 1 unspecified atom stereocenters. The van der Waals surface area contributed by atoms with Crippen molar-refractivity contribution < 1.29 is 14.6 Å². The number of rotatable bonds is 5. The first-order valence-corrected chi connectivity index (χ1v) is 9.96. The predicted molar refractivity (Wildman–Crippen MR) is 109 cm³/mol. The maximum Gasteiger partial charge on any atom is 0.409 e. The summed E-state index contributed by atoms with van der Waals surface area (Å²) in [4.78, 5) is 33.1. The first-order valence-electron chi connectivity index (χ1n) is 9.96. The molecule has 1 amide bonds. The van der Waals surface area contributed by atoms with Gasteiger partial charge in [-0.15, -0.1) is 0 Å². The summed E-state index contributed by atoms with van der Waals surface area (Å²) in [5, 5.41) is 10.7. The van der Waals surface area contributed by atoms with Gasteiger partial charge in [0.05, 0.1) is 18.2 Å². The summed E-state index contributed by atoms with van der Waals surface area (Å²) in [7, 11) is 0. The highest BCUT2D eigenvalue weighted by Gasteiger charge is 2.32. The summed E-state index contributed by atoms with van der Waals surface area (Å²) >= 11 is 0. The number of aromatic hydroxyl groups is 1. The number of hydrogen-bond acceptors (Lipinski definition) is 6. The molecule has 1 fully saturated rings. The minimum absolute atomic E-state index is 0.00756. The smallest absolute Gasteiger partial charge is 0.409 e. The molecule has 1 saturated heterocycles. The van der Waals surface area contributed by atoms with Gasteiger partial charge in [0.15, 0.2) is 0 Å². The maximum atomic E-state index is 13.2. The molecule has 8 nitrogen and oxygen atoms in total. The zero-order valence-corrected chi connectivity index (χ0v) is 17.2. The Bertz CT molecular complexity index is 905. The molecule has 8 heteroatoms. The zero-order valence-electron chi connectivity index (χ0n) is 17.2. The van der Waals surface area contributed by atoms with Crippen LogP contribution >= 0.6 is 0 Å². The molecule has 1 aliphatic heterocycles. The van der Waals surface area contributed by atoms with Gasteiger partial charge in [-0.05, 0) is 44.5 Å². The van der Waals surface area contributed by atoms with E-state index in [1.54, 1.807) is 34.9 Å². The lowest BCUT2D eigenvalue weighted by Crippen LogP contribution is -2.50. The Kier molecular flexibility index (Phi) is 6.53. The van der Waals surface area contributed by atoms with Crippen molar-refractivity contribution in [3.63, 3.8) is 0 Å². The summed E-state index contributed by atoms with van der Waals surface area (Å²) in [6, 6.07) is 4.94. The molecule has 1 atom stereocenters. The van der Waals surface area contributed by atoms with Gasteiger partial charge < -0.3 is 19.3 Å². The number of piperazine rings is 1. The highest BCUT2D eigenvalue weighted by molar-refractivity contribution is 5.67. The van der Waals surface area contributed by atoms with Gasteiger partial charge in [0.1, 0.15) is 5.75 Å². The zero-order chi connectivity index (χ0) is 21.0. The van der Waals surface area contributed by atoms with E-state index in [2.05, 4.69) is 9.88 Å². The fraction of sp³-hybridized carbons (Fsp3) is 0.476. The van der Waals surface area contributed by atoms with Crippen LogP contribution in [0, 0.1) is 6.92 Å². The average Bonchev–Trinajstić information content (AvgIpc) is 2.72. The molecule has 3 rings (SSSR count). The highest BCUT2D eigenvalue weighted by Crippen LogP contribution is 2.33. The summed E-state index contributed by atoms with van der Waals surface area (Å²) in [6.45, 7) is 8.48. The quantitative estimate of drug-likeness (QED) is 0.827. The molecule has 0 saturated carbocycles. The van der Waals surface area contributed by atoms with Crippen LogP contribution in [0.3, 0.4) is 0 Å². The third-order valence-corrected chi connectivity index (χ3v) is 5.34. The van der Waals surface area contributed by atoms with Crippen molar-refractivity contribution >= 4 is 6.09 Å². The van der Waals surface area contributed by atoms with E-state index in [4.69, 9.17) is 4.74 Å². The number of ether oxygens (including phenoxy) is 1. The number of aromatic nitrogens is 2. The van der Waals surface area contributed by atoms with E-state index < -0.39 is 6.04 Å². The van der Waals surface area contributed by atoms with Gasteiger partial charge in [-0.1, -0.05) is 0 Å². The molecule has 2 aromatic heterocycles. The molecule has 0 bridgehead atoms. The minimum Gasteiger partial charge on any atom is -0.507 e. The van der Waals surface area contributed by atoms with E-state index in [-0.39, 0.29) is 17.4 Å². The molecule has 29 heavy (non-hydrogen) atoms. The second kappa shape index (κ2) is 9.09. The second-order valence-electron chi connectivity index (χ2n) is 7.04. The lowest BCUT2D eigenvalue weighted by molar-refractivity contribution is 0.0709. The number of pyridine rings is 2. The number of carbonyl (C=O) groups excluding carboxylic acids is 1. The van der Waals surface area contributed by atoms with E-state index in [0.717, 1.165) is 11.3 Å². The van der Waals surface area contributed by atoms with Crippen LogP contribution in [0.25, 0.3) is 0 Å². The van der Waals surface area contributed by atoms with Crippen molar-refractivity contribution in [2.75, 3.05) is 32.8 Å². The largest absolute Gasteiger partial charge is 0.507 e. The van der Waals surface area contributed by atoms with Gasteiger partial charge >= 0.3 is 6.09 Å². The number of carbonyl (C=O) groups is 1. The number of aryl methyl sites for hydroxylation is 1. The van der Waals surface area contributed by atoms with Crippen LogP contribution in [0.1, 0.15) is 36.7 Å². The predicted octanol–water partition coefficient (Wildman–Crippen LogP) is 2.14. The Morgan fingerprint density at radius 1 is 1.21 bits per heavy atom. The molecular formula is C21H28N4O4. The standard InChI is InChI=1S/C21H28N4O4/c1-4-25-15(3)14-17(26)18(20(25)27)19(16-6-8-22-9-7-16)23-10-12-24(13-11-23)21(28)29-5-2/h6-9,14,19,26H,4-5,10-13H2,1-3H3. The molecule has 2 aromatic rings. The van der Waals surface area contributed by atoms with Crippen LogP contribution in [0.4, 0.5) is 4.79 Å². The monoisotopic (exact) mass is 400 g/mol. The van der Waals surface area contributed by atoms with E-state index >= 15 is 0 Å². The summed E-state index contributed by atoms with van der Waals surface area (Å²) in [6.07, 6.45) is 3.04. The van der Waals surface area contributed by atoms with Crippen LogP contribution in [-0.2, 0) is 11.3 Å².